The third-order valence-corrected chi connectivity index (χ3v) is 7.52. The molecule has 1 N–H and O–H groups in total. The second-order valence-corrected chi connectivity index (χ2v) is 12.1. The molecule has 0 saturated heterocycles. The Kier molecular flexibility index (Phi) is 29.0. The van der Waals surface area contributed by atoms with Crippen LogP contribution in [0.3, 0.4) is 0 Å². The molecule has 0 aliphatic heterocycles. The molecule has 0 aromatic carbocycles. The van der Waals surface area contributed by atoms with Gasteiger partial charge in [-0.05, 0) is 18.8 Å². The summed E-state index contributed by atoms with van der Waals surface area (Å²) in [5.41, 5.74) is 0. The molecular weight excluding hydrogens is 488 g/mol. The van der Waals surface area contributed by atoms with Gasteiger partial charge in [0.1, 0.15) is 19.3 Å². The van der Waals surface area contributed by atoms with Gasteiger partial charge in [0.25, 0.3) is 0 Å². The van der Waals surface area contributed by atoms with E-state index in [4.69, 9.17) is 9.47 Å². The molecule has 0 radical (unpaired) electrons. The van der Waals surface area contributed by atoms with Crippen molar-refractivity contribution in [1.82, 2.24) is 0 Å². The number of carbonyl (C=O) groups is 2. The van der Waals surface area contributed by atoms with Gasteiger partial charge in [0.2, 0.25) is 0 Å². The number of aliphatic hydroxyl groups excluding tert-OH is 1. The van der Waals surface area contributed by atoms with Gasteiger partial charge in [0.05, 0.1) is 0 Å². The Labute approximate surface area is 242 Å². The largest absolute Gasteiger partial charge is 0.463 e. The fourth-order valence-corrected chi connectivity index (χ4v) is 4.92. The van der Waals surface area contributed by atoms with Crippen molar-refractivity contribution in [2.75, 3.05) is 13.2 Å². The molecule has 5 heteroatoms. The summed E-state index contributed by atoms with van der Waals surface area (Å²) in [6.45, 7) is 6.63. The average molecular weight is 555 g/mol. The first-order valence-electron chi connectivity index (χ1n) is 16.9. The zero-order valence-electron chi connectivity index (χ0n) is 26.3. The van der Waals surface area contributed by atoms with Crippen molar-refractivity contribution in [3.8, 4) is 0 Å². The zero-order chi connectivity index (χ0) is 28.8. The van der Waals surface area contributed by atoms with E-state index in [1.807, 2.05) is 0 Å². The van der Waals surface area contributed by atoms with Crippen LogP contribution in [0.5, 0.6) is 0 Å². The molecule has 1 atom stereocenters. The van der Waals surface area contributed by atoms with Crippen molar-refractivity contribution in [1.29, 1.82) is 0 Å². The topological polar surface area (TPSA) is 72.8 Å². The fraction of sp³-hybridized carbons (Fsp3) is 0.941. The van der Waals surface area contributed by atoms with Crippen LogP contribution >= 0.6 is 0 Å². The second kappa shape index (κ2) is 29.9. The first kappa shape index (κ1) is 37.9. The molecule has 0 rings (SSSR count). The number of hydrogen-bond donors (Lipinski definition) is 1. The number of unbranched alkanes of at least 4 members (excludes halogenated alkanes) is 20. The smallest absolute Gasteiger partial charge is 0.305 e. The number of esters is 2. The number of hydrogen-bond acceptors (Lipinski definition) is 5. The van der Waals surface area contributed by atoms with E-state index in [0.717, 1.165) is 31.6 Å². The highest BCUT2D eigenvalue weighted by molar-refractivity contribution is 5.69. The molecule has 0 saturated carbocycles. The second-order valence-electron chi connectivity index (χ2n) is 12.1. The number of carbonyl (C=O) groups excluding carboxylic acids is 2. The van der Waals surface area contributed by atoms with E-state index in [9.17, 15) is 14.7 Å². The lowest BCUT2D eigenvalue weighted by Gasteiger charge is -2.12. The summed E-state index contributed by atoms with van der Waals surface area (Å²) in [6, 6.07) is 0. The minimum atomic E-state index is -0.953. The molecule has 39 heavy (non-hydrogen) atoms. The van der Waals surface area contributed by atoms with Crippen LogP contribution in [0.15, 0.2) is 0 Å². The summed E-state index contributed by atoms with van der Waals surface area (Å²) in [5.74, 6) is 0.278. The Bertz CT molecular complexity index is 534. The highest BCUT2D eigenvalue weighted by Crippen LogP contribution is 2.15. The molecule has 0 aromatic heterocycles. The number of aliphatic hydroxyl groups is 1. The number of rotatable bonds is 30. The first-order chi connectivity index (χ1) is 19.0. The Morgan fingerprint density at radius 3 is 1.15 bits per heavy atom. The maximum atomic E-state index is 11.9. The van der Waals surface area contributed by atoms with E-state index in [-0.39, 0.29) is 25.2 Å². The Balaban J connectivity index is 3.41. The van der Waals surface area contributed by atoms with Crippen molar-refractivity contribution >= 4 is 11.9 Å². The molecule has 0 aliphatic rings. The zero-order valence-corrected chi connectivity index (χ0v) is 26.3. The van der Waals surface area contributed by atoms with Crippen molar-refractivity contribution < 1.29 is 24.2 Å². The minimum Gasteiger partial charge on any atom is -0.463 e. The van der Waals surface area contributed by atoms with E-state index in [0.29, 0.717) is 12.8 Å². The van der Waals surface area contributed by atoms with Gasteiger partial charge in [-0.25, -0.2) is 0 Å². The summed E-state index contributed by atoms with van der Waals surface area (Å²) in [7, 11) is 0. The molecule has 0 spiro atoms. The van der Waals surface area contributed by atoms with Crippen LogP contribution < -0.4 is 0 Å². The van der Waals surface area contributed by atoms with E-state index in [2.05, 4.69) is 20.8 Å². The highest BCUT2D eigenvalue weighted by Gasteiger charge is 2.12. The van der Waals surface area contributed by atoms with E-state index in [1.165, 1.54) is 122 Å². The molecule has 0 heterocycles. The summed E-state index contributed by atoms with van der Waals surface area (Å²) in [6.07, 6.45) is 28.6. The lowest BCUT2D eigenvalue weighted by atomic mass is 10.0. The quantitative estimate of drug-likeness (QED) is 0.0706. The highest BCUT2D eigenvalue weighted by atomic mass is 16.6. The molecule has 0 amide bonds. The maximum absolute atomic E-state index is 11.9. The predicted molar refractivity (Wildman–Crippen MR) is 164 cm³/mol. The monoisotopic (exact) mass is 554 g/mol. The van der Waals surface area contributed by atoms with Crippen LogP contribution in [-0.2, 0) is 19.1 Å². The van der Waals surface area contributed by atoms with Crippen LogP contribution in [-0.4, -0.2) is 36.4 Å². The third-order valence-electron chi connectivity index (χ3n) is 7.52. The molecule has 0 unspecified atom stereocenters. The Hall–Kier alpha value is -1.10. The Morgan fingerprint density at radius 2 is 0.821 bits per heavy atom. The fourth-order valence-electron chi connectivity index (χ4n) is 4.92. The van der Waals surface area contributed by atoms with E-state index >= 15 is 0 Å². The molecular formula is C34H66O5. The van der Waals surface area contributed by atoms with Gasteiger partial charge in [-0.3, -0.25) is 9.59 Å². The third kappa shape index (κ3) is 31.3. The summed E-state index contributed by atoms with van der Waals surface area (Å²) in [5, 5.41) is 9.95. The van der Waals surface area contributed by atoms with Gasteiger partial charge < -0.3 is 14.6 Å². The Morgan fingerprint density at radius 1 is 0.513 bits per heavy atom. The van der Waals surface area contributed by atoms with Gasteiger partial charge in [-0.15, -0.1) is 0 Å². The van der Waals surface area contributed by atoms with Crippen molar-refractivity contribution in [3.63, 3.8) is 0 Å². The lowest BCUT2D eigenvalue weighted by Crippen LogP contribution is -2.25. The van der Waals surface area contributed by atoms with E-state index < -0.39 is 6.10 Å². The van der Waals surface area contributed by atoms with Crippen LogP contribution in [0.1, 0.15) is 181 Å². The lowest BCUT2D eigenvalue weighted by molar-refractivity contribution is -0.152. The standard InChI is InChI=1S/C34H66O5/c1-4-5-6-7-8-9-11-15-18-21-24-27-33(36)38-29-32(35)30-39-34(37)28-25-22-19-16-13-10-12-14-17-20-23-26-31(2)3/h31-32,35H,4-30H2,1-3H3/t32-/m1/s1. The minimum absolute atomic E-state index is 0.109. The van der Waals surface area contributed by atoms with Crippen LogP contribution in [0.25, 0.3) is 0 Å². The maximum Gasteiger partial charge on any atom is 0.305 e. The first-order valence-corrected chi connectivity index (χ1v) is 16.9. The summed E-state index contributed by atoms with van der Waals surface area (Å²) >= 11 is 0. The van der Waals surface area contributed by atoms with Crippen molar-refractivity contribution in [2.24, 2.45) is 5.92 Å². The molecule has 0 fully saturated rings. The van der Waals surface area contributed by atoms with Crippen LogP contribution in [0.2, 0.25) is 0 Å². The van der Waals surface area contributed by atoms with Crippen molar-refractivity contribution in [2.45, 2.75) is 187 Å². The number of ether oxygens (including phenoxy) is 2. The molecule has 0 bridgehead atoms. The summed E-state index contributed by atoms with van der Waals surface area (Å²) < 4.78 is 10.3. The van der Waals surface area contributed by atoms with Crippen molar-refractivity contribution in [3.05, 3.63) is 0 Å². The van der Waals surface area contributed by atoms with Gasteiger partial charge in [-0.2, -0.15) is 0 Å². The molecule has 0 aromatic rings. The van der Waals surface area contributed by atoms with Gasteiger partial charge in [-0.1, -0.05) is 156 Å². The average Bonchev–Trinajstić information content (AvgIpc) is 2.91. The molecule has 0 aliphatic carbocycles. The van der Waals surface area contributed by atoms with Crippen LogP contribution in [0, 0.1) is 5.92 Å². The SMILES string of the molecule is CCCCCCCCCCCCCC(=O)OC[C@@H](O)COC(=O)CCCCCCCCCCCCCC(C)C. The van der Waals surface area contributed by atoms with Gasteiger partial charge in [0, 0.05) is 12.8 Å². The van der Waals surface area contributed by atoms with Gasteiger partial charge >= 0.3 is 11.9 Å². The molecule has 5 nitrogen and oxygen atoms in total. The molecule has 232 valence electrons. The summed E-state index contributed by atoms with van der Waals surface area (Å²) in [4.78, 5) is 23.8. The van der Waals surface area contributed by atoms with E-state index in [1.54, 1.807) is 0 Å². The van der Waals surface area contributed by atoms with Gasteiger partial charge in [0.15, 0.2) is 0 Å². The van der Waals surface area contributed by atoms with Crippen LogP contribution in [0.4, 0.5) is 0 Å². The normalized spacial score (nSPS) is 12.1. The predicted octanol–water partition coefficient (Wildman–Crippen LogP) is 9.86.